The van der Waals surface area contributed by atoms with Crippen molar-refractivity contribution < 1.29 is 32.1 Å². The van der Waals surface area contributed by atoms with E-state index in [-0.39, 0.29) is 23.7 Å². The third kappa shape index (κ3) is 6.62. The lowest BCUT2D eigenvalue weighted by Crippen LogP contribution is -2.65. The number of hydrogen-bond acceptors (Lipinski definition) is 8. The minimum Gasteiger partial charge on any atom is -0.406 e. The van der Waals surface area contributed by atoms with Crippen LogP contribution in [0.3, 0.4) is 0 Å². The second-order valence-corrected chi connectivity index (χ2v) is 13.4. The van der Waals surface area contributed by atoms with Gasteiger partial charge in [-0.05, 0) is 66.4 Å². The smallest absolute Gasteiger partial charge is 0.406 e. The third-order valence-corrected chi connectivity index (χ3v) is 10.5. The average molecular weight is 668 g/mol. The maximum atomic E-state index is 14.3. The summed E-state index contributed by atoms with van der Waals surface area (Å²) in [6, 6.07) is 24.9. The Labute approximate surface area is 269 Å². The molecule has 4 aromatic rings. The molecule has 4 atom stereocenters. The minimum absolute atomic E-state index is 0.0153. The second kappa shape index (κ2) is 12.9. The van der Waals surface area contributed by atoms with Crippen LogP contribution in [0.5, 0.6) is 5.75 Å². The summed E-state index contributed by atoms with van der Waals surface area (Å²) in [5, 5.41) is 24.3. The van der Waals surface area contributed by atoms with Crippen molar-refractivity contribution >= 4 is 32.7 Å². The number of aliphatic hydroxyl groups is 1. The van der Waals surface area contributed by atoms with Crippen LogP contribution in [-0.4, -0.2) is 58.9 Å². The molecule has 10 nitrogen and oxygen atoms in total. The number of ether oxygens (including phenoxy) is 1. The van der Waals surface area contributed by atoms with Crippen LogP contribution >= 0.6 is 0 Å². The van der Waals surface area contributed by atoms with Crippen molar-refractivity contribution in [3.63, 3.8) is 0 Å². The van der Waals surface area contributed by atoms with Gasteiger partial charge >= 0.3 is 6.36 Å². The Morgan fingerprint density at radius 3 is 2.00 bits per heavy atom. The van der Waals surface area contributed by atoms with Gasteiger partial charge in [-0.15, -0.1) is 13.2 Å². The number of para-hydroxylation sites is 4. The topological polar surface area (TPSA) is 121 Å². The maximum absolute atomic E-state index is 14.3. The van der Waals surface area contributed by atoms with Gasteiger partial charge in [0.1, 0.15) is 21.4 Å². The summed E-state index contributed by atoms with van der Waals surface area (Å²) in [6.07, 6.45) is -4.55. The lowest BCUT2D eigenvalue weighted by atomic mass is 9.93. The molecule has 0 bridgehead atoms. The van der Waals surface area contributed by atoms with Crippen LogP contribution in [0.4, 0.5) is 35.9 Å². The van der Waals surface area contributed by atoms with E-state index in [4.69, 9.17) is 0 Å². The van der Waals surface area contributed by atoms with E-state index in [0.717, 1.165) is 47.5 Å². The molecule has 0 radical (unpaired) electrons. The van der Waals surface area contributed by atoms with Crippen molar-refractivity contribution in [3.05, 3.63) is 118 Å². The molecule has 0 spiro atoms. The van der Waals surface area contributed by atoms with Gasteiger partial charge in [0.2, 0.25) is 0 Å². The molecule has 246 valence electrons. The first-order valence-electron chi connectivity index (χ1n) is 14.9. The van der Waals surface area contributed by atoms with E-state index in [1.807, 2.05) is 48.5 Å². The Bertz CT molecular complexity index is 1850. The van der Waals surface area contributed by atoms with Crippen molar-refractivity contribution in [1.29, 1.82) is 0 Å². The number of alkyl halides is 3. The van der Waals surface area contributed by atoms with Gasteiger partial charge in [-0.25, -0.2) is 13.3 Å². The van der Waals surface area contributed by atoms with Crippen LogP contribution in [0, 0.1) is 10.1 Å². The van der Waals surface area contributed by atoms with E-state index in [1.54, 1.807) is 23.1 Å². The fraction of sp³-hybridized carbons (Fsp3) is 0.273. The Hall–Kier alpha value is -4.66. The molecule has 0 saturated carbocycles. The van der Waals surface area contributed by atoms with Crippen molar-refractivity contribution in [2.24, 2.45) is 4.36 Å². The summed E-state index contributed by atoms with van der Waals surface area (Å²) in [4.78, 5) is 15.6. The number of benzene rings is 4. The van der Waals surface area contributed by atoms with Gasteiger partial charge in [0, 0.05) is 37.6 Å². The van der Waals surface area contributed by atoms with E-state index in [9.17, 15) is 32.6 Å². The summed E-state index contributed by atoms with van der Waals surface area (Å²) in [5.74, 6) is -0.488. The first kappa shape index (κ1) is 32.3. The highest BCUT2D eigenvalue weighted by Crippen LogP contribution is 2.41. The van der Waals surface area contributed by atoms with E-state index in [1.165, 1.54) is 25.2 Å². The van der Waals surface area contributed by atoms with Gasteiger partial charge in [-0.1, -0.05) is 48.5 Å². The van der Waals surface area contributed by atoms with E-state index in [0.29, 0.717) is 5.69 Å². The number of hydrogen-bond donors (Lipinski definition) is 2. The van der Waals surface area contributed by atoms with Crippen LogP contribution in [0.2, 0.25) is 0 Å². The van der Waals surface area contributed by atoms with Gasteiger partial charge in [0.05, 0.1) is 28.0 Å². The molecule has 14 heteroatoms. The van der Waals surface area contributed by atoms with Gasteiger partial charge in [-0.2, -0.15) is 0 Å². The number of nitro groups is 1. The van der Waals surface area contributed by atoms with E-state index in [2.05, 4.69) is 18.7 Å². The van der Waals surface area contributed by atoms with E-state index >= 15 is 0 Å². The number of halogens is 3. The molecular formula is C33H32F3N5O5S. The SMILES string of the molecule is CN=S(=O)(NC1CN(c2ccccc2[N+](=O)[O-])CC(N2c3ccccc3CCc3ccccc32)C1O)c1ccc(OC(F)(F)F)cc1. The highest BCUT2D eigenvalue weighted by molar-refractivity contribution is 7.91. The van der Waals surface area contributed by atoms with Crippen LogP contribution in [0.15, 0.2) is 106 Å². The Morgan fingerprint density at radius 2 is 1.45 bits per heavy atom. The van der Waals surface area contributed by atoms with Crippen LogP contribution < -0.4 is 19.3 Å². The lowest BCUT2D eigenvalue weighted by Gasteiger charge is -2.48. The molecule has 2 aliphatic rings. The molecule has 0 aliphatic carbocycles. The fourth-order valence-corrected chi connectivity index (χ4v) is 7.96. The molecule has 2 N–H and O–H groups in total. The average Bonchev–Trinajstić information content (AvgIpc) is 3.22. The molecule has 47 heavy (non-hydrogen) atoms. The fourth-order valence-electron chi connectivity index (χ4n) is 6.37. The summed E-state index contributed by atoms with van der Waals surface area (Å²) in [6.45, 7) is 0.197. The van der Waals surface area contributed by atoms with Crippen molar-refractivity contribution in [1.82, 2.24) is 4.72 Å². The second-order valence-electron chi connectivity index (χ2n) is 11.3. The normalized spacial score (nSPS) is 20.7. The zero-order chi connectivity index (χ0) is 33.3. The standard InChI is InChI=1S/C33H32F3N5O5S/c1-37-47(45,25-18-16-24(17-19-25)46-33(34,35)36)38-26-20-39(29-12-6-7-13-30(29)41(43)44)21-31(32(26)42)40-27-10-4-2-8-22(27)14-15-23-9-3-5-11-28(23)40/h2-13,16-19,26,31-32,42H,14-15,20-21H2,1H3,(H,37,38,45). The van der Waals surface area contributed by atoms with Crippen LogP contribution in [0.25, 0.3) is 0 Å². The van der Waals surface area contributed by atoms with Gasteiger partial charge in [0.15, 0.2) is 0 Å². The highest BCUT2D eigenvalue weighted by atomic mass is 32.2. The quantitative estimate of drug-likeness (QED) is 0.183. The monoisotopic (exact) mass is 667 g/mol. The zero-order valence-electron chi connectivity index (χ0n) is 25.2. The first-order chi connectivity index (χ1) is 22.5. The van der Waals surface area contributed by atoms with Gasteiger partial charge < -0.3 is 19.6 Å². The highest BCUT2D eigenvalue weighted by Gasteiger charge is 2.43. The number of piperidine rings is 1. The molecule has 2 aliphatic heterocycles. The van der Waals surface area contributed by atoms with Gasteiger partial charge in [-0.3, -0.25) is 10.1 Å². The van der Waals surface area contributed by atoms with Crippen LogP contribution in [-0.2, 0) is 22.8 Å². The largest absolute Gasteiger partial charge is 0.573 e. The number of anilines is 3. The van der Waals surface area contributed by atoms with E-state index < -0.39 is 45.1 Å². The molecule has 0 aromatic heterocycles. The molecule has 2 heterocycles. The number of rotatable bonds is 7. The molecule has 4 unspecified atom stereocenters. The molecule has 4 aromatic carbocycles. The Kier molecular flexibility index (Phi) is 8.83. The predicted octanol–water partition coefficient (Wildman–Crippen LogP) is 6.01. The lowest BCUT2D eigenvalue weighted by molar-refractivity contribution is -0.384. The molecule has 0 amide bonds. The van der Waals surface area contributed by atoms with Crippen molar-refractivity contribution in [2.75, 3.05) is 29.9 Å². The third-order valence-electron chi connectivity index (χ3n) is 8.49. The van der Waals surface area contributed by atoms with Crippen LogP contribution in [0.1, 0.15) is 11.1 Å². The molecule has 1 fully saturated rings. The molecule has 1 saturated heterocycles. The molecular weight excluding hydrogens is 635 g/mol. The Morgan fingerprint density at radius 1 is 0.894 bits per heavy atom. The molecule has 6 rings (SSSR count). The van der Waals surface area contributed by atoms with Crippen molar-refractivity contribution in [3.8, 4) is 5.75 Å². The summed E-state index contributed by atoms with van der Waals surface area (Å²) >= 11 is 0. The summed E-state index contributed by atoms with van der Waals surface area (Å²) in [5.41, 5.74) is 4.09. The van der Waals surface area contributed by atoms with Gasteiger partial charge in [0.25, 0.3) is 5.69 Å². The number of nitro benzene ring substituents is 1. The maximum Gasteiger partial charge on any atom is 0.573 e. The summed E-state index contributed by atoms with van der Waals surface area (Å²) < 4.78 is 63.7. The van der Waals surface area contributed by atoms with Crippen molar-refractivity contribution in [2.45, 2.75) is 42.3 Å². The summed E-state index contributed by atoms with van der Waals surface area (Å²) in [7, 11) is -2.21. The number of aliphatic hydroxyl groups excluding tert-OH is 1. The predicted molar refractivity (Wildman–Crippen MR) is 172 cm³/mol. The Balaban J connectivity index is 1.44. The first-order valence-corrected chi connectivity index (χ1v) is 16.4. The zero-order valence-corrected chi connectivity index (χ0v) is 26.0. The number of fused-ring (bicyclic) bond motifs is 2. The number of nitrogens with zero attached hydrogens (tertiary/aromatic N) is 4. The number of aryl methyl sites for hydroxylation is 2. The minimum atomic E-state index is -4.90. The number of nitrogens with one attached hydrogen (secondary N) is 1.